The first-order valence-corrected chi connectivity index (χ1v) is 7.85. The number of morpholine rings is 1. The normalized spacial score (nSPS) is 14.9. The van der Waals surface area contributed by atoms with Crippen LogP contribution in [0.25, 0.3) is 0 Å². The summed E-state index contributed by atoms with van der Waals surface area (Å²) in [4.78, 5) is 22.3. The molecule has 0 aromatic carbocycles. The van der Waals surface area contributed by atoms with E-state index in [9.17, 15) is 4.79 Å². The standard InChI is InChI=1S/C13H20BrN5O2/c1-2-15-13-17-9-10(14)12(18-13)16-4-3-11(20)19-5-7-21-8-6-19/h9H,2-8H2,1H3,(H2,15,16,17,18). The van der Waals surface area contributed by atoms with Gasteiger partial charge in [0.2, 0.25) is 11.9 Å². The minimum Gasteiger partial charge on any atom is -0.378 e. The van der Waals surface area contributed by atoms with Crippen molar-refractivity contribution in [3.05, 3.63) is 10.7 Å². The van der Waals surface area contributed by atoms with Crippen molar-refractivity contribution in [1.29, 1.82) is 0 Å². The zero-order chi connectivity index (χ0) is 15.1. The van der Waals surface area contributed by atoms with Crippen LogP contribution >= 0.6 is 15.9 Å². The van der Waals surface area contributed by atoms with E-state index in [-0.39, 0.29) is 5.91 Å². The summed E-state index contributed by atoms with van der Waals surface area (Å²) in [5.74, 6) is 1.40. The highest BCUT2D eigenvalue weighted by atomic mass is 79.9. The first-order chi connectivity index (χ1) is 10.2. The molecular weight excluding hydrogens is 338 g/mol. The Kier molecular flexibility index (Phi) is 6.19. The van der Waals surface area contributed by atoms with Crippen molar-refractivity contribution in [3.63, 3.8) is 0 Å². The summed E-state index contributed by atoms with van der Waals surface area (Å²) >= 11 is 3.40. The number of amides is 1. The second-order valence-electron chi connectivity index (χ2n) is 4.59. The van der Waals surface area contributed by atoms with E-state index in [1.807, 2.05) is 11.8 Å². The van der Waals surface area contributed by atoms with Crippen molar-refractivity contribution in [2.24, 2.45) is 0 Å². The van der Waals surface area contributed by atoms with Crippen molar-refractivity contribution in [2.75, 3.05) is 50.0 Å². The molecule has 1 fully saturated rings. The quantitative estimate of drug-likeness (QED) is 0.799. The van der Waals surface area contributed by atoms with Crippen LogP contribution in [0.5, 0.6) is 0 Å². The van der Waals surface area contributed by atoms with Crippen molar-refractivity contribution in [1.82, 2.24) is 14.9 Å². The summed E-state index contributed by atoms with van der Waals surface area (Å²) in [6.45, 7) is 5.90. The van der Waals surface area contributed by atoms with Gasteiger partial charge in [-0.2, -0.15) is 4.98 Å². The zero-order valence-electron chi connectivity index (χ0n) is 12.1. The minimum absolute atomic E-state index is 0.142. The topological polar surface area (TPSA) is 79.4 Å². The maximum absolute atomic E-state index is 12.0. The van der Waals surface area contributed by atoms with Gasteiger partial charge >= 0.3 is 0 Å². The number of nitrogens with one attached hydrogen (secondary N) is 2. The average molecular weight is 358 g/mol. The fourth-order valence-corrected chi connectivity index (χ4v) is 2.32. The number of aromatic nitrogens is 2. The highest BCUT2D eigenvalue weighted by molar-refractivity contribution is 9.10. The number of carbonyl (C=O) groups is 1. The van der Waals surface area contributed by atoms with Gasteiger partial charge in [-0.3, -0.25) is 4.79 Å². The third kappa shape index (κ3) is 4.82. The van der Waals surface area contributed by atoms with Crippen LogP contribution in [0.3, 0.4) is 0 Å². The molecule has 1 aliphatic rings. The first kappa shape index (κ1) is 16.0. The molecule has 0 atom stereocenters. The van der Waals surface area contributed by atoms with Gasteiger partial charge in [0.25, 0.3) is 0 Å². The molecule has 21 heavy (non-hydrogen) atoms. The van der Waals surface area contributed by atoms with E-state index < -0.39 is 0 Å². The molecule has 1 aromatic rings. The smallest absolute Gasteiger partial charge is 0.224 e. The molecule has 0 saturated carbocycles. The lowest BCUT2D eigenvalue weighted by atomic mass is 10.3. The fraction of sp³-hybridized carbons (Fsp3) is 0.615. The largest absolute Gasteiger partial charge is 0.378 e. The van der Waals surface area contributed by atoms with Crippen LogP contribution in [0.4, 0.5) is 11.8 Å². The lowest BCUT2D eigenvalue weighted by Crippen LogP contribution is -2.41. The SMILES string of the molecule is CCNc1ncc(Br)c(NCCC(=O)N2CCOCC2)n1. The van der Waals surface area contributed by atoms with Crippen LogP contribution in [0.1, 0.15) is 13.3 Å². The van der Waals surface area contributed by atoms with Gasteiger partial charge in [0, 0.05) is 38.8 Å². The summed E-state index contributed by atoms with van der Waals surface area (Å²) in [6, 6.07) is 0. The number of nitrogens with zero attached hydrogens (tertiary/aromatic N) is 3. The molecule has 8 heteroatoms. The van der Waals surface area contributed by atoms with E-state index in [2.05, 4.69) is 36.5 Å². The molecule has 2 rings (SSSR count). The molecule has 2 heterocycles. The highest BCUT2D eigenvalue weighted by Crippen LogP contribution is 2.20. The molecule has 1 aromatic heterocycles. The molecule has 0 bridgehead atoms. The molecular formula is C13H20BrN5O2. The van der Waals surface area contributed by atoms with E-state index >= 15 is 0 Å². The van der Waals surface area contributed by atoms with E-state index in [0.29, 0.717) is 51.0 Å². The second-order valence-corrected chi connectivity index (χ2v) is 5.44. The maximum atomic E-state index is 12.0. The summed E-state index contributed by atoms with van der Waals surface area (Å²) in [7, 11) is 0. The summed E-state index contributed by atoms with van der Waals surface area (Å²) in [5, 5.41) is 6.22. The maximum Gasteiger partial charge on any atom is 0.224 e. The zero-order valence-corrected chi connectivity index (χ0v) is 13.6. The Bertz CT molecular complexity index is 480. The first-order valence-electron chi connectivity index (χ1n) is 7.06. The molecule has 1 aliphatic heterocycles. The summed E-state index contributed by atoms with van der Waals surface area (Å²) in [5.41, 5.74) is 0. The molecule has 1 amide bonds. The number of ether oxygens (including phenoxy) is 1. The molecule has 1 saturated heterocycles. The predicted octanol–water partition coefficient (Wildman–Crippen LogP) is 1.33. The fourth-order valence-electron chi connectivity index (χ4n) is 1.99. The van der Waals surface area contributed by atoms with Gasteiger partial charge in [0.05, 0.1) is 17.7 Å². The Hall–Kier alpha value is -1.41. The Morgan fingerprint density at radius 2 is 2.19 bits per heavy atom. The van der Waals surface area contributed by atoms with E-state index in [4.69, 9.17) is 4.74 Å². The molecule has 0 radical (unpaired) electrons. The Balaban J connectivity index is 1.82. The van der Waals surface area contributed by atoms with Crippen LogP contribution in [0, 0.1) is 0 Å². The van der Waals surface area contributed by atoms with Crippen LogP contribution in [0.2, 0.25) is 0 Å². The number of hydrogen-bond acceptors (Lipinski definition) is 6. The van der Waals surface area contributed by atoms with Gasteiger partial charge < -0.3 is 20.3 Å². The number of anilines is 2. The van der Waals surface area contributed by atoms with E-state index in [1.54, 1.807) is 6.20 Å². The molecule has 116 valence electrons. The molecule has 0 unspecified atom stereocenters. The second kappa shape index (κ2) is 8.14. The van der Waals surface area contributed by atoms with Crippen molar-refractivity contribution in [2.45, 2.75) is 13.3 Å². The van der Waals surface area contributed by atoms with Gasteiger partial charge in [-0.25, -0.2) is 4.98 Å². The number of halogens is 1. The van der Waals surface area contributed by atoms with Crippen molar-refractivity contribution >= 4 is 33.6 Å². The van der Waals surface area contributed by atoms with E-state index in [1.165, 1.54) is 0 Å². The number of rotatable bonds is 6. The lowest BCUT2D eigenvalue weighted by molar-refractivity contribution is -0.134. The number of hydrogen-bond donors (Lipinski definition) is 2. The minimum atomic E-state index is 0.142. The van der Waals surface area contributed by atoms with Gasteiger partial charge in [-0.1, -0.05) is 0 Å². The highest BCUT2D eigenvalue weighted by Gasteiger charge is 2.16. The molecule has 0 aliphatic carbocycles. The molecule has 7 nitrogen and oxygen atoms in total. The van der Waals surface area contributed by atoms with E-state index in [0.717, 1.165) is 11.0 Å². The van der Waals surface area contributed by atoms with Crippen LogP contribution in [0.15, 0.2) is 10.7 Å². The van der Waals surface area contributed by atoms with Crippen molar-refractivity contribution in [3.8, 4) is 0 Å². The Labute approximate surface area is 132 Å². The molecule has 2 N–H and O–H groups in total. The van der Waals surface area contributed by atoms with Gasteiger partial charge in [-0.05, 0) is 22.9 Å². The van der Waals surface area contributed by atoms with Gasteiger partial charge in [0.1, 0.15) is 5.82 Å². The third-order valence-electron chi connectivity index (χ3n) is 3.07. The van der Waals surface area contributed by atoms with Crippen LogP contribution in [-0.2, 0) is 9.53 Å². The summed E-state index contributed by atoms with van der Waals surface area (Å²) < 4.78 is 6.02. The van der Waals surface area contributed by atoms with Crippen LogP contribution in [-0.4, -0.2) is 60.2 Å². The van der Waals surface area contributed by atoms with Crippen molar-refractivity contribution < 1.29 is 9.53 Å². The Morgan fingerprint density at radius 1 is 1.43 bits per heavy atom. The van der Waals surface area contributed by atoms with Gasteiger partial charge in [-0.15, -0.1) is 0 Å². The number of carbonyl (C=O) groups excluding carboxylic acids is 1. The summed E-state index contributed by atoms with van der Waals surface area (Å²) in [6.07, 6.45) is 2.13. The van der Waals surface area contributed by atoms with Gasteiger partial charge in [0.15, 0.2) is 0 Å². The predicted molar refractivity (Wildman–Crippen MR) is 84.4 cm³/mol. The monoisotopic (exact) mass is 357 g/mol. The average Bonchev–Trinajstić information content (AvgIpc) is 2.51. The lowest BCUT2D eigenvalue weighted by Gasteiger charge is -2.26. The molecule has 0 spiro atoms. The Morgan fingerprint density at radius 3 is 2.90 bits per heavy atom. The van der Waals surface area contributed by atoms with Crippen LogP contribution < -0.4 is 10.6 Å². The third-order valence-corrected chi connectivity index (χ3v) is 3.65.